The summed E-state index contributed by atoms with van der Waals surface area (Å²) < 4.78 is 5.02. The lowest BCUT2D eigenvalue weighted by Gasteiger charge is -2.22. The van der Waals surface area contributed by atoms with E-state index in [9.17, 15) is 9.59 Å². The van der Waals surface area contributed by atoms with Gasteiger partial charge in [-0.1, -0.05) is 18.2 Å². The van der Waals surface area contributed by atoms with E-state index < -0.39 is 5.97 Å². The molecule has 0 spiro atoms. The molecule has 0 aliphatic carbocycles. The smallest absolute Gasteiger partial charge is 0.326 e. The summed E-state index contributed by atoms with van der Waals surface area (Å²) in [6.45, 7) is 5.77. The maximum atomic E-state index is 12.5. The minimum atomic E-state index is -0.400. The third-order valence-electron chi connectivity index (χ3n) is 3.22. The Labute approximate surface area is 135 Å². The first-order valence-corrected chi connectivity index (χ1v) is 7.43. The third-order valence-corrected chi connectivity index (χ3v) is 3.22. The first-order chi connectivity index (χ1) is 11.0. The molecule has 0 aromatic heterocycles. The molecule has 23 heavy (non-hydrogen) atoms. The molecule has 2 aromatic rings. The van der Waals surface area contributed by atoms with Crippen molar-refractivity contribution in [1.29, 1.82) is 0 Å². The van der Waals surface area contributed by atoms with Gasteiger partial charge in [0.05, 0.1) is 0 Å². The summed E-state index contributed by atoms with van der Waals surface area (Å²) >= 11 is 0. The number of urea groups is 1. The van der Waals surface area contributed by atoms with Crippen LogP contribution in [0.25, 0.3) is 0 Å². The van der Waals surface area contributed by atoms with Crippen LogP contribution in [0.1, 0.15) is 19.4 Å². The molecule has 0 saturated carbocycles. The molecule has 5 nitrogen and oxygen atoms in total. The molecule has 0 unspecified atom stereocenters. The van der Waals surface area contributed by atoms with E-state index in [2.05, 4.69) is 5.32 Å². The van der Waals surface area contributed by atoms with Gasteiger partial charge in [-0.2, -0.15) is 0 Å². The van der Waals surface area contributed by atoms with E-state index in [1.54, 1.807) is 29.2 Å². The number of hydrogen-bond donors (Lipinski definition) is 1. The Morgan fingerprint density at radius 3 is 2.52 bits per heavy atom. The number of nitrogens with one attached hydrogen (secondary N) is 1. The number of nitrogens with zero attached hydrogens (tertiary/aromatic N) is 1. The molecule has 0 bridgehead atoms. The highest BCUT2D eigenvalue weighted by molar-refractivity contribution is 6.01. The highest BCUT2D eigenvalue weighted by Crippen LogP contribution is 2.20. The van der Waals surface area contributed by atoms with Crippen molar-refractivity contribution in [3.05, 3.63) is 54.1 Å². The van der Waals surface area contributed by atoms with Gasteiger partial charge in [0.1, 0.15) is 5.75 Å². The molecular formula is C18H20N2O3. The number of anilines is 2. The van der Waals surface area contributed by atoms with Gasteiger partial charge in [0.15, 0.2) is 0 Å². The zero-order valence-electron chi connectivity index (χ0n) is 13.5. The summed E-state index contributed by atoms with van der Waals surface area (Å²) in [5.74, 6) is -0.00248. The summed E-state index contributed by atoms with van der Waals surface area (Å²) in [5.41, 5.74) is 2.49. The average molecular weight is 312 g/mol. The molecule has 0 atom stereocenters. The van der Waals surface area contributed by atoms with Crippen LogP contribution in [0.5, 0.6) is 5.75 Å². The van der Waals surface area contributed by atoms with E-state index in [4.69, 9.17) is 4.74 Å². The molecule has 0 radical (unpaired) electrons. The zero-order chi connectivity index (χ0) is 16.8. The summed E-state index contributed by atoms with van der Waals surface area (Å²) in [4.78, 5) is 25.1. The van der Waals surface area contributed by atoms with E-state index in [1.807, 2.05) is 38.1 Å². The number of benzene rings is 2. The van der Waals surface area contributed by atoms with Crippen molar-refractivity contribution in [1.82, 2.24) is 0 Å². The first-order valence-electron chi connectivity index (χ1n) is 7.43. The fourth-order valence-electron chi connectivity index (χ4n) is 2.23. The minimum absolute atomic E-state index is 0.238. The summed E-state index contributed by atoms with van der Waals surface area (Å²) in [6.07, 6.45) is 0. The second-order valence-electron chi connectivity index (χ2n) is 5.13. The van der Waals surface area contributed by atoms with Crippen LogP contribution in [0.2, 0.25) is 0 Å². The normalized spacial score (nSPS) is 10.0. The predicted molar refractivity (Wildman–Crippen MR) is 91.0 cm³/mol. The molecular weight excluding hydrogens is 292 g/mol. The van der Waals surface area contributed by atoms with Gasteiger partial charge in [0, 0.05) is 30.9 Å². The van der Waals surface area contributed by atoms with Crippen molar-refractivity contribution >= 4 is 23.4 Å². The van der Waals surface area contributed by atoms with E-state index in [1.165, 1.54) is 6.92 Å². The maximum absolute atomic E-state index is 12.5. The first kappa shape index (κ1) is 16.5. The molecule has 0 aliphatic heterocycles. The number of amides is 2. The molecule has 0 aliphatic rings. The van der Waals surface area contributed by atoms with Crippen LogP contribution in [-0.2, 0) is 4.79 Å². The lowest BCUT2D eigenvalue weighted by Crippen LogP contribution is -2.34. The van der Waals surface area contributed by atoms with Crippen molar-refractivity contribution in [2.75, 3.05) is 16.8 Å². The Morgan fingerprint density at radius 1 is 1.13 bits per heavy atom. The average Bonchev–Trinajstić information content (AvgIpc) is 2.47. The summed E-state index contributed by atoms with van der Waals surface area (Å²) in [5, 5.41) is 2.82. The van der Waals surface area contributed by atoms with Gasteiger partial charge in [0.25, 0.3) is 0 Å². The highest BCUT2D eigenvalue weighted by Gasteiger charge is 2.14. The third kappa shape index (κ3) is 4.57. The van der Waals surface area contributed by atoms with Gasteiger partial charge >= 0.3 is 12.0 Å². The Hall–Kier alpha value is -2.82. The Balaban J connectivity index is 2.15. The predicted octanol–water partition coefficient (Wildman–Crippen LogP) is 3.98. The molecule has 0 saturated heterocycles. The minimum Gasteiger partial charge on any atom is -0.427 e. The van der Waals surface area contributed by atoms with E-state index in [0.29, 0.717) is 18.0 Å². The molecule has 2 amide bonds. The number of hydrogen-bond acceptors (Lipinski definition) is 3. The van der Waals surface area contributed by atoms with Crippen molar-refractivity contribution in [2.45, 2.75) is 20.8 Å². The van der Waals surface area contributed by atoms with Crippen LogP contribution in [0.4, 0.5) is 16.2 Å². The van der Waals surface area contributed by atoms with Crippen LogP contribution < -0.4 is 15.0 Å². The monoisotopic (exact) mass is 312 g/mol. The zero-order valence-corrected chi connectivity index (χ0v) is 13.5. The molecule has 0 heterocycles. The van der Waals surface area contributed by atoms with Crippen LogP contribution in [0.3, 0.4) is 0 Å². The lowest BCUT2D eigenvalue weighted by atomic mass is 10.2. The Morgan fingerprint density at radius 2 is 1.87 bits per heavy atom. The van der Waals surface area contributed by atoms with Crippen LogP contribution in [0.15, 0.2) is 48.5 Å². The fraction of sp³-hybridized carbons (Fsp3) is 0.222. The number of carbonyl (C=O) groups excluding carboxylic acids is 2. The topological polar surface area (TPSA) is 58.6 Å². The van der Waals surface area contributed by atoms with Crippen molar-refractivity contribution < 1.29 is 14.3 Å². The van der Waals surface area contributed by atoms with Gasteiger partial charge in [-0.15, -0.1) is 0 Å². The van der Waals surface area contributed by atoms with Gasteiger partial charge in [-0.25, -0.2) is 4.79 Å². The molecule has 2 rings (SSSR count). The number of rotatable bonds is 4. The van der Waals surface area contributed by atoms with Crippen LogP contribution >= 0.6 is 0 Å². The van der Waals surface area contributed by atoms with Crippen molar-refractivity contribution in [2.24, 2.45) is 0 Å². The molecule has 2 aromatic carbocycles. The van der Waals surface area contributed by atoms with E-state index in [0.717, 1.165) is 11.3 Å². The molecule has 1 N–H and O–H groups in total. The van der Waals surface area contributed by atoms with Gasteiger partial charge < -0.3 is 10.1 Å². The lowest BCUT2D eigenvalue weighted by molar-refractivity contribution is -0.131. The van der Waals surface area contributed by atoms with Crippen molar-refractivity contribution in [3.8, 4) is 5.75 Å². The largest absolute Gasteiger partial charge is 0.427 e. The number of aryl methyl sites for hydroxylation is 1. The fourth-order valence-corrected chi connectivity index (χ4v) is 2.23. The van der Waals surface area contributed by atoms with Crippen LogP contribution in [0, 0.1) is 6.92 Å². The molecule has 0 fully saturated rings. The Kier molecular flexibility index (Phi) is 5.36. The highest BCUT2D eigenvalue weighted by atomic mass is 16.5. The Bertz CT molecular complexity index is 713. The maximum Gasteiger partial charge on any atom is 0.326 e. The SMILES string of the molecule is CCN(C(=O)Nc1cccc(OC(C)=O)c1)c1cccc(C)c1. The number of esters is 1. The second kappa shape index (κ2) is 7.45. The number of carbonyl (C=O) groups is 2. The second-order valence-corrected chi connectivity index (χ2v) is 5.13. The van der Waals surface area contributed by atoms with E-state index in [-0.39, 0.29) is 6.03 Å². The van der Waals surface area contributed by atoms with Crippen LogP contribution in [-0.4, -0.2) is 18.5 Å². The molecule has 120 valence electrons. The summed E-state index contributed by atoms with van der Waals surface area (Å²) in [6, 6.07) is 14.3. The molecule has 5 heteroatoms. The standard InChI is InChI=1S/C18H20N2O3/c1-4-20(16-9-5-7-13(2)11-16)18(22)19-15-8-6-10-17(12-15)23-14(3)21/h5-12H,4H2,1-3H3,(H,19,22). The van der Waals surface area contributed by atoms with Crippen molar-refractivity contribution in [3.63, 3.8) is 0 Å². The number of ether oxygens (including phenoxy) is 1. The van der Waals surface area contributed by atoms with E-state index >= 15 is 0 Å². The van der Waals surface area contributed by atoms with Gasteiger partial charge in [-0.05, 0) is 43.7 Å². The van der Waals surface area contributed by atoms with Gasteiger partial charge in [0.2, 0.25) is 0 Å². The summed E-state index contributed by atoms with van der Waals surface area (Å²) in [7, 11) is 0. The quantitative estimate of drug-likeness (QED) is 0.686. The van der Waals surface area contributed by atoms with Gasteiger partial charge in [-0.3, -0.25) is 9.69 Å².